The Morgan fingerprint density at radius 1 is 1.50 bits per heavy atom. The van der Waals surface area contributed by atoms with Crippen LogP contribution in [0.3, 0.4) is 0 Å². The molecule has 0 aromatic heterocycles. The van der Waals surface area contributed by atoms with Crippen molar-refractivity contribution in [1.29, 1.82) is 0 Å². The molecule has 0 heterocycles. The molecule has 0 aromatic rings. The lowest BCUT2D eigenvalue weighted by molar-refractivity contribution is -0.115. The maximum absolute atomic E-state index is 11.1. The van der Waals surface area contributed by atoms with Crippen molar-refractivity contribution in [2.75, 3.05) is 0 Å². The minimum Gasteiger partial charge on any atom is -0.295 e. The van der Waals surface area contributed by atoms with E-state index in [9.17, 15) is 4.79 Å². The summed E-state index contributed by atoms with van der Waals surface area (Å²) in [5.74, 6) is 0.181. The lowest BCUT2D eigenvalue weighted by atomic mass is 10.1. The standard InChI is InChI=1S/C11H16O/c1-5-7-9(3)8-10(4)11(12)6-2/h5,7-8H,3,6H2,1-2,4H3/b7-5-,10-8+. The first-order chi connectivity index (χ1) is 5.61. The number of hydrogen-bond acceptors (Lipinski definition) is 1. The summed E-state index contributed by atoms with van der Waals surface area (Å²) in [6.45, 7) is 9.39. The van der Waals surface area contributed by atoms with Crippen molar-refractivity contribution in [3.63, 3.8) is 0 Å². The van der Waals surface area contributed by atoms with E-state index in [2.05, 4.69) is 6.58 Å². The fourth-order valence-corrected chi connectivity index (χ4v) is 0.900. The second kappa shape index (κ2) is 5.53. The second-order valence-electron chi connectivity index (χ2n) is 2.68. The summed E-state index contributed by atoms with van der Waals surface area (Å²) in [6.07, 6.45) is 6.16. The smallest absolute Gasteiger partial charge is 0.158 e. The van der Waals surface area contributed by atoms with Crippen LogP contribution in [0.5, 0.6) is 0 Å². The lowest BCUT2D eigenvalue weighted by Gasteiger charge is -1.96. The topological polar surface area (TPSA) is 17.1 Å². The monoisotopic (exact) mass is 164 g/mol. The molecule has 0 aliphatic rings. The molecule has 0 bridgehead atoms. The number of carbonyl (C=O) groups excluding carboxylic acids is 1. The highest BCUT2D eigenvalue weighted by atomic mass is 16.1. The number of hydrogen-bond donors (Lipinski definition) is 0. The van der Waals surface area contributed by atoms with Crippen molar-refractivity contribution in [2.45, 2.75) is 27.2 Å². The molecular weight excluding hydrogens is 148 g/mol. The highest BCUT2D eigenvalue weighted by molar-refractivity contribution is 5.95. The van der Waals surface area contributed by atoms with Crippen LogP contribution in [0.25, 0.3) is 0 Å². The molecule has 0 spiro atoms. The van der Waals surface area contributed by atoms with Gasteiger partial charge in [-0.1, -0.05) is 25.7 Å². The second-order valence-corrected chi connectivity index (χ2v) is 2.68. The number of allylic oxidation sites excluding steroid dienone is 5. The largest absolute Gasteiger partial charge is 0.295 e. The van der Waals surface area contributed by atoms with Crippen LogP contribution in [0.15, 0.2) is 36.0 Å². The van der Waals surface area contributed by atoms with Crippen molar-refractivity contribution >= 4 is 5.78 Å². The van der Waals surface area contributed by atoms with Gasteiger partial charge in [0.25, 0.3) is 0 Å². The molecule has 0 amide bonds. The Labute approximate surface area is 74.5 Å². The third-order valence-electron chi connectivity index (χ3n) is 1.54. The highest BCUT2D eigenvalue weighted by Gasteiger charge is 1.99. The van der Waals surface area contributed by atoms with Gasteiger partial charge in [-0.25, -0.2) is 0 Å². The molecule has 1 nitrogen and oxygen atoms in total. The van der Waals surface area contributed by atoms with Gasteiger partial charge in [0.15, 0.2) is 5.78 Å². The zero-order valence-corrected chi connectivity index (χ0v) is 8.05. The fraction of sp³-hybridized carbons (Fsp3) is 0.364. The molecule has 0 aromatic carbocycles. The molecule has 0 aliphatic carbocycles. The molecule has 0 saturated heterocycles. The third-order valence-corrected chi connectivity index (χ3v) is 1.54. The van der Waals surface area contributed by atoms with E-state index in [4.69, 9.17) is 0 Å². The van der Waals surface area contributed by atoms with E-state index in [1.54, 1.807) is 0 Å². The van der Waals surface area contributed by atoms with Gasteiger partial charge in [0.05, 0.1) is 0 Å². The van der Waals surface area contributed by atoms with Gasteiger partial charge in [-0.05, 0) is 31.1 Å². The van der Waals surface area contributed by atoms with Crippen molar-refractivity contribution < 1.29 is 4.79 Å². The van der Waals surface area contributed by atoms with E-state index in [1.165, 1.54) is 0 Å². The van der Waals surface area contributed by atoms with Gasteiger partial charge < -0.3 is 0 Å². The minimum atomic E-state index is 0.181. The van der Waals surface area contributed by atoms with Gasteiger partial charge >= 0.3 is 0 Å². The number of carbonyl (C=O) groups is 1. The summed E-state index contributed by atoms with van der Waals surface area (Å²) < 4.78 is 0. The quantitative estimate of drug-likeness (QED) is 0.461. The molecule has 12 heavy (non-hydrogen) atoms. The van der Waals surface area contributed by atoms with Crippen LogP contribution in [-0.4, -0.2) is 5.78 Å². The van der Waals surface area contributed by atoms with E-state index in [1.807, 2.05) is 39.0 Å². The summed E-state index contributed by atoms with van der Waals surface area (Å²) >= 11 is 0. The molecular formula is C11H16O. The van der Waals surface area contributed by atoms with Gasteiger partial charge in [-0.2, -0.15) is 0 Å². The van der Waals surface area contributed by atoms with Gasteiger partial charge in [0.2, 0.25) is 0 Å². The lowest BCUT2D eigenvalue weighted by Crippen LogP contribution is -1.96. The van der Waals surface area contributed by atoms with Crippen LogP contribution in [0.1, 0.15) is 27.2 Å². The maximum Gasteiger partial charge on any atom is 0.158 e. The first kappa shape index (κ1) is 10.9. The van der Waals surface area contributed by atoms with Crippen molar-refractivity contribution in [3.05, 3.63) is 36.0 Å². The molecule has 0 rings (SSSR count). The van der Waals surface area contributed by atoms with Crippen LogP contribution in [0, 0.1) is 0 Å². The normalized spacial score (nSPS) is 12.1. The van der Waals surface area contributed by atoms with E-state index in [0.29, 0.717) is 6.42 Å². The summed E-state index contributed by atoms with van der Waals surface area (Å²) in [7, 11) is 0. The maximum atomic E-state index is 11.1. The molecule has 0 aliphatic heterocycles. The van der Waals surface area contributed by atoms with Crippen LogP contribution in [-0.2, 0) is 4.79 Å². The SMILES string of the molecule is C=C(/C=C\C)/C=C(\C)C(=O)CC. The Morgan fingerprint density at radius 3 is 2.50 bits per heavy atom. The Morgan fingerprint density at radius 2 is 2.08 bits per heavy atom. The molecule has 0 fully saturated rings. The minimum absolute atomic E-state index is 0.181. The van der Waals surface area contributed by atoms with Gasteiger partial charge in [0.1, 0.15) is 0 Å². The van der Waals surface area contributed by atoms with E-state index < -0.39 is 0 Å². The van der Waals surface area contributed by atoms with Crippen LogP contribution in [0.2, 0.25) is 0 Å². The van der Waals surface area contributed by atoms with E-state index in [0.717, 1.165) is 11.1 Å². The van der Waals surface area contributed by atoms with E-state index in [-0.39, 0.29) is 5.78 Å². The number of rotatable bonds is 4. The van der Waals surface area contributed by atoms with Gasteiger partial charge in [-0.15, -0.1) is 0 Å². The zero-order valence-electron chi connectivity index (χ0n) is 8.05. The molecule has 0 saturated carbocycles. The van der Waals surface area contributed by atoms with E-state index >= 15 is 0 Å². The van der Waals surface area contributed by atoms with Crippen molar-refractivity contribution in [1.82, 2.24) is 0 Å². The molecule has 1 heteroatoms. The van der Waals surface area contributed by atoms with Crippen LogP contribution >= 0.6 is 0 Å². The van der Waals surface area contributed by atoms with Crippen molar-refractivity contribution in [3.8, 4) is 0 Å². The Balaban J connectivity index is 4.35. The van der Waals surface area contributed by atoms with Crippen LogP contribution in [0.4, 0.5) is 0 Å². The predicted molar refractivity (Wildman–Crippen MR) is 53.0 cm³/mol. The third kappa shape index (κ3) is 3.91. The summed E-state index contributed by atoms with van der Waals surface area (Å²) in [5, 5.41) is 0. The number of ketones is 1. The Bertz CT molecular complexity index is 231. The summed E-state index contributed by atoms with van der Waals surface area (Å²) in [4.78, 5) is 11.1. The average Bonchev–Trinajstić information content (AvgIpc) is 2.03. The van der Waals surface area contributed by atoms with Crippen molar-refractivity contribution in [2.24, 2.45) is 0 Å². The molecule has 0 atom stereocenters. The highest BCUT2D eigenvalue weighted by Crippen LogP contribution is 2.04. The molecule has 0 N–H and O–H groups in total. The zero-order chi connectivity index (χ0) is 9.56. The Hall–Kier alpha value is -1.11. The molecule has 66 valence electrons. The summed E-state index contributed by atoms with van der Waals surface area (Å²) in [5.41, 5.74) is 1.65. The van der Waals surface area contributed by atoms with Crippen LogP contribution < -0.4 is 0 Å². The molecule has 0 unspecified atom stereocenters. The Kier molecular flexibility index (Phi) is 5.02. The van der Waals surface area contributed by atoms with Gasteiger partial charge in [0, 0.05) is 6.42 Å². The first-order valence-corrected chi connectivity index (χ1v) is 4.15. The van der Waals surface area contributed by atoms with Gasteiger partial charge in [-0.3, -0.25) is 4.79 Å². The fourth-order valence-electron chi connectivity index (χ4n) is 0.900. The number of Topliss-reactive ketones (excluding diaryl/α,β-unsaturated/α-hetero) is 1. The average molecular weight is 164 g/mol. The first-order valence-electron chi connectivity index (χ1n) is 4.15. The summed E-state index contributed by atoms with van der Waals surface area (Å²) in [6, 6.07) is 0. The molecule has 0 radical (unpaired) electrons. The predicted octanol–water partition coefficient (Wildman–Crippen LogP) is 3.04.